The molecule has 0 spiro atoms. The number of ether oxygens (including phenoxy) is 1. The largest absolute Gasteiger partial charge is 0.481 e. The molecule has 2 aliphatic carbocycles. The van der Waals surface area contributed by atoms with Crippen molar-refractivity contribution in [3.8, 4) is 0 Å². The van der Waals surface area contributed by atoms with Crippen molar-refractivity contribution in [2.24, 2.45) is 16.8 Å². The number of aliphatic carboxylic acids is 1. The number of amides is 1. The maximum absolute atomic E-state index is 13.5. The highest BCUT2D eigenvalue weighted by atomic mass is 32.2. The van der Waals surface area contributed by atoms with Gasteiger partial charge in [-0.1, -0.05) is 54.2 Å². The monoisotopic (exact) mass is 427 g/mol. The van der Waals surface area contributed by atoms with Crippen molar-refractivity contribution in [3.05, 3.63) is 48.0 Å². The lowest BCUT2D eigenvalue weighted by Crippen LogP contribution is -2.52. The molecule has 2 heterocycles. The van der Waals surface area contributed by atoms with Crippen molar-refractivity contribution in [2.45, 2.75) is 30.1 Å². The number of allylic oxidation sites excluding steroid dienone is 1. The molecule has 1 N–H and O–H groups in total. The lowest BCUT2D eigenvalue weighted by Gasteiger charge is -2.34. The summed E-state index contributed by atoms with van der Waals surface area (Å²) in [6, 6.07) is 9.19. The van der Waals surface area contributed by atoms with Crippen LogP contribution in [0, 0.1) is 11.8 Å². The molecule has 158 valence electrons. The Morgan fingerprint density at radius 3 is 2.57 bits per heavy atom. The number of rotatable bonds is 5. The molecule has 30 heavy (non-hydrogen) atoms. The van der Waals surface area contributed by atoms with Gasteiger partial charge in [-0.15, -0.1) is 0 Å². The van der Waals surface area contributed by atoms with E-state index in [1.165, 1.54) is 11.8 Å². The quantitative estimate of drug-likeness (QED) is 0.727. The van der Waals surface area contributed by atoms with Gasteiger partial charge in [-0.2, -0.15) is 0 Å². The van der Waals surface area contributed by atoms with Gasteiger partial charge in [-0.25, -0.2) is 10.0 Å². The van der Waals surface area contributed by atoms with Gasteiger partial charge >= 0.3 is 5.97 Å². The minimum absolute atomic E-state index is 0.164. The number of amidine groups is 1. The topological polar surface area (TPSA) is 82.4 Å². The normalized spacial score (nSPS) is 33.5. The van der Waals surface area contributed by atoms with Crippen LogP contribution in [0.5, 0.6) is 0 Å². The van der Waals surface area contributed by atoms with Gasteiger partial charge in [0.05, 0.1) is 19.3 Å². The van der Waals surface area contributed by atoms with E-state index in [2.05, 4.69) is 12.2 Å². The fourth-order valence-corrected chi connectivity index (χ4v) is 6.23. The number of thioether (sulfide) groups is 1. The summed E-state index contributed by atoms with van der Waals surface area (Å²) >= 11 is 1.30. The summed E-state index contributed by atoms with van der Waals surface area (Å²) < 4.78 is 5.46. The Hall–Kier alpha value is -2.16. The minimum Gasteiger partial charge on any atom is -0.481 e. The molecule has 2 saturated heterocycles. The van der Waals surface area contributed by atoms with Crippen molar-refractivity contribution < 1.29 is 19.4 Å². The van der Waals surface area contributed by atoms with E-state index in [9.17, 15) is 14.7 Å². The van der Waals surface area contributed by atoms with Gasteiger partial charge in [0.1, 0.15) is 11.2 Å². The van der Waals surface area contributed by atoms with Crippen LogP contribution in [0.3, 0.4) is 0 Å². The summed E-state index contributed by atoms with van der Waals surface area (Å²) in [5.41, 5.74) is 0.641. The molecule has 1 saturated carbocycles. The molecule has 5 atom stereocenters. The van der Waals surface area contributed by atoms with Crippen LogP contribution in [0.2, 0.25) is 0 Å². The third-order valence-corrected chi connectivity index (χ3v) is 7.60. The van der Waals surface area contributed by atoms with Crippen LogP contribution in [0.1, 0.15) is 24.3 Å². The molecule has 1 amide bonds. The molecule has 3 fully saturated rings. The number of hydrazine groups is 1. The van der Waals surface area contributed by atoms with Gasteiger partial charge in [0.2, 0.25) is 0 Å². The molecule has 4 aliphatic rings. The van der Waals surface area contributed by atoms with Gasteiger partial charge in [0.25, 0.3) is 5.91 Å². The Bertz CT molecular complexity index is 884. The van der Waals surface area contributed by atoms with Gasteiger partial charge < -0.3 is 9.84 Å². The van der Waals surface area contributed by atoms with Crippen molar-refractivity contribution in [3.63, 3.8) is 0 Å². The molecule has 0 radical (unpaired) electrons. The van der Waals surface area contributed by atoms with Crippen LogP contribution in [0.15, 0.2) is 47.5 Å². The van der Waals surface area contributed by atoms with Crippen molar-refractivity contribution in [1.82, 2.24) is 10.0 Å². The highest BCUT2D eigenvalue weighted by Gasteiger charge is 2.49. The zero-order chi connectivity index (χ0) is 20.7. The molecule has 7 nitrogen and oxygen atoms in total. The van der Waals surface area contributed by atoms with E-state index in [4.69, 9.17) is 9.73 Å². The number of carboxylic acid groups (broad SMARTS) is 1. The van der Waals surface area contributed by atoms with Crippen molar-refractivity contribution in [2.75, 3.05) is 26.3 Å². The van der Waals surface area contributed by atoms with Gasteiger partial charge in [0, 0.05) is 13.1 Å². The third-order valence-electron chi connectivity index (χ3n) is 6.38. The molecule has 5 rings (SSSR count). The van der Waals surface area contributed by atoms with E-state index in [0.29, 0.717) is 48.9 Å². The number of carboxylic acids is 1. The standard InChI is InChI=1S/C22H25N3O4S/c26-20-19(18(21(27)28)15-4-2-1-3-5-15)30-22(25(20)24-8-10-29-11-9-24)23-17-13-14-6-7-16(17)12-14/h1-7,14,16-19H,8-13H2,(H,27,28). The maximum Gasteiger partial charge on any atom is 0.312 e. The molecule has 1 aromatic rings. The average molecular weight is 428 g/mol. The highest BCUT2D eigenvalue weighted by Crippen LogP contribution is 2.43. The zero-order valence-electron chi connectivity index (χ0n) is 16.6. The first-order valence-corrected chi connectivity index (χ1v) is 11.4. The summed E-state index contributed by atoms with van der Waals surface area (Å²) in [7, 11) is 0. The Morgan fingerprint density at radius 2 is 1.93 bits per heavy atom. The SMILES string of the molecule is O=C(O)C(c1ccccc1)C1SC(=NC2CC3C=CC2C3)N(N2CCOCC2)C1=O. The number of nitrogens with zero attached hydrogens (tertiary/aromatic N) is 3. The molecule has 2 aliphatic heterocycles. The van der Waals surface area contributed by atoms with E-state index < -0.39 is 17.1 Å². The van der Waals surface area contributed by atoms with Crippen LogP contribution < -0.4 is 0 Å². The van der Waals surface area contributed by atoms with Crippen LogP contribution in [0.25, 0.3) is 0 Å². The number of morpholine rings is 1. The fraction of sp³-hybridized carbons (Fsp3) is 0.500. The van der Waals surface area contributed by atoms with Crippen LogP contribution >= 0.6 is 11.8 Å². The Labute approximate surface area is 179 Å². The van der Waals surface area contributed by atoms with E-state index in [1.54, 1.807) is 17.1 Å². The number of carbonyl (C=O) groups excluding carboxylic acids is 1. The Morgan fingerprint density at radius 1 is 1.17 bits per heavy atom. The predicted molar refractivity (Wildman–Crippen MR) is 114 cm³/mol. The van der Waals surface area contributed by atoms with E-state index in [-0.39, 0.29) is 11.9 Å². The van der Waals surface area contributed by atoms with Crippen molar-refractivity contribution >= 4 is 28.8 Å². The number of aliphatic imine (C=N–C) groups is 1. The average Bonchev–Trinajstić information content (AvgIpc) is 3.45. The number of hydrogen-bond donors (Lipinski definition) is 1. The second-order valence-electron chi connectivity index (χ2n) is 8.24. The summed E-state index contributed by atoms with van der Waals surface area (Å²) in [6.07, 6.45) is 6.64. The van der Waals surface area contributed by atoms with Gasteiger partial charge in [-0.3, -0.25) is 14.6 Å². The highest BCUT2D eigenvalue weighted by molar-refractivity contribution is 8.15. The first kappa shape index (κ1) is 19.8. The van der Waals surface area contributed by atoms with Crippen LogP contribution in [-0.2, 0) is 14.3 Å². The van der Waals surface area contributed by atoms with E-state index in [0.717, 1.165) is 12.8 Å². The number of fused-ring (bicyclic) bond motifs is 2. The Kier molecular flexibility index (Phi) is 5.39. The summed E-state index contributed by atoms with van der Waals surface area (Å²) in [5.74, 6) is -1.10. The third kappa shape index (κ3) is 3.57. The molecule has 5 unspecified atom stereocenters. The minimum atomic E-state index is -0.988. The number of benzene rings is 1. The number of hydrogen-bond acceptors (Lipinski definition) is 6. The maximum atomic E-state index is 13.5. The second kappa shape index (κ2) is 8.17. The van der Waals surface area contributed by atoms with Gasteiger partial charge in [-0.05, 0) is 30.2 Å². The molecular formula is C22H25N3O4S. The lowest BCUT2D eigenvalue weighted by atomic mass is 9.95. The molecule has 2 bridgehead atoms. The fourth-order valence-electron chi connectivity index (χ4n) is 4.89. The summed E-state index contributed by atoms with van der Waals surface area (Å²) in [4.78, 5) is 30.7. The van der Waals surface area contributed by atoms with E-state index >= 15 is 0 Å². The first-order chi connectivity index (χ1) is 14.6. The van der Waals surface area contributed by atoms with Gasteiger partial charge in [0.15, 0.2) is 5.17 Å². The summed E-state index contributed by atoms with van der Waals surface area (Å²) in [5, 5.41) is 13.5. The predicted octanol–water partition coefficient (Wildman–Crippen LogP) is 2.37. The molecular weight excluding hydrogens is 402 g/mol. The lowest BCUT2D eigenvalue weighted by molar-refractivity contribution is -0.147. The molecule has 0 aromatic heterocycles. The summed E-state index contributed by atoms with van der Waals surface area (Å²) in [6.45, 7) is 2.28. The first-order valence-electron chi connectivity index (χ1n) is 10.5. The molecule has 8 heteroatoms. The van der Waals surface area contributed by atoms with Crippen LogP contribution in [-0.4, -0.2) is 69.8 Å². The molecule has 1 aromatic carbocycles. The second-order valence-corrected chi connectivity index (χ2v) is 9.35. The Balaban J connectivity index is 1.48. The number of carbonyl (C=O) groups is 2. The smallest absolute Gasteiger partial charge is 0.312 e. The van der Waals surface area contributed by atoms with Crippen molar-refractivity contribution in [1.29, 1.82) is 0 Å². The van der Waals surface area contributed by atoms with Crippen LogP contribution in [0.4, 0.5) is 0 Å². The zero-order valence-corrected chi connectivity index (χ0v) is 17.4. The van der Waals surface area contributed by atoms with E-state index in [1.807, 2.05) is 23.2 Å².